The fourth-order valence-corrected chi connectivity index (χ4v) is 4.65. The summed E-state index contributed by atoms with van der Waals surface area (Å²) in [6.07, 6.45) is 5.08. The standard InChI is InChI=1S/C24H32N4/c1-15(17-6-10-19(11-7-17)23(25)26)21-4-3-5-22(14-21)16(2)18-8-12-20(13-9-18)24(27)28/h6-13,15-16,21-22H,3-5,14H2,1-2H3,(H3,25,26)(H3,27,28)/t15?,16?,21-,22-/m1/s1. The van der Waals surface area contributed by atoms with Crippen LogP contribution in [0.1, 0.15) is 73.6 Å². The van der Waals surface area contributed by atoms with Crippen molar-refractivity contribution in [2.24, 2.45) is 23.3 Å². The second-order valence-corrected chi connectivity index (χ2v) is 8.34. The van der Waals surface area contributed by atoms with E-state index in [9.17, 15) is 0 Å². The van der Waals surface area contributed by atoms with Gasteiger partial charge in [-0.1, -0.05) is 68.8 Å². The first kappa shape index (κ1) is 20.1. The summed E-state index contributed by atoms with van der Waals surface area (Å²) in [5.74, 6) is 2.64. The average Bonchev–Trinajstić information content (AvgIpc) is 2.73. The highest BCUT2D eigenvalue weighted by molar-refractivity contribution is 5.95. The number of benzene rings is 2. The predicted octanol–water partition coefficient (Wildman–Crippen LogP) is 4.97. The summed E-state index contributed by atoms with van der Waals surface area (Å²) in [7, 11) is 0. The van der Waals surface area contributed by atoms with Gasteiger partial charge in [0, 0.05) is 11.1 Å². The van der Waals surface area contributed by atoms with E-state index in [4.69, 9.17) is 22.3 Å². The van der Waals surface area contributed by atoms with Gasteiger partial charge in [-0.2, -0.15) is 0 Å². The van der Waals surface area contributed by atoms with E-state index in [0.717, 1.165) is 11.1 Å². The molecule has 6 N–H and O–H groups in total. The lowest BCUT2D eigenvalue weighted by Gasteiger charge is -2.36. The predicted molar refractivity (Wildman–Crippen MR) is 117 cm³/mol. The number of nitrogens with two attached hydrogens (primary N) is 2. The third-order valence-corrected chi connectivity index (χ3v) is 6.66. The molecule has 1 aliphatic rings. The SMILES string of the molecule is CC(c1ccc(C(=N)N)cc1)[C@@H]1CCC[C@@H](C(C)c2ccc(C(=N)N)cc2)C1. The number of rotatable bonds is 6. The molecule has 0 aromatic heterocycles. The number of hydrogen-bond acceptors (Lipinski definition) is 2. The summed E-state index contributed by atoms with van der Waals surface area (Å²) in [4.78, 5) is 0. The van der Waals surface area contributed by atoms with Crippen molar-refractivity contribution < 1.29 is 0 Å². The molecule has 4 heteroatoms. The minimum Gasteiger partial charge on any atom is -0.384 e. The zero-order valence-electron chi connectivity index (χ0n) is 16.9. The van der Waals surface area contributed by atoms with Gasteiger partial charge in [0.15, 0.2) is 0 Å². The molecule has 2 aromatic carbocycles. The maximum absolute atomic E-state index is 7.56. The van der Waals surface area contributed by atoms with Gasteiger partial charge in [-0.25, -0.2) is 0 Å². The molecule has 28 heavy (non-hydrogen) atoms. The van der Waals surface area contributed by atoms with Crippen LogP contribution in [0.15, 0.2) is 48.5 Å². The number of nitrogens with one attached hydrogen (secondary N) is 2. The normalized spacial score (nSPS) is 21.6. The van der Waals surface area contributed by atoms with Crippen LogP contribution in [-0.4, -0.2) is 11.7 Å². The van der Waals surface area contributed by atoms with E-state index in [0.29, 0.717) is 23.7 Å². The lowest BCUT2D eigenvalue weighted by Crippen LogP contribution is -2.24. The van der Waals surface area contributed by atoms with Crippen LogP contribution in [-0.2, 0) is 0 Å². The third-order valence-electron chi connectivity index (χ3n) is 6.66. The van der Waals surface area contributed by atoms with Gasteiger partial charge in [0.05, 0.1) is 0 Å². The fraction of sp³-hybridized carbons (Fsp3) is 0.417. The van der Waals surface area contributed by atoms with Crippen LogP contribution in [0.4, 0.5) is 0 Å². The topological polar surface area (TPSA) is 99.7 Å². The Morgan fingerprint density at radius 2 is 1.11 bits per heavy atom. The molecule has 1 saturated carbocycles. The molecule has 0 aliphatic heterocycles. The minimum absolute atomic E-state index is 0.126. The van der Waals surface area contributed by atoms with Crippen LogP contribution in [0.3, 0.4) is 0 Å². The molecule has 148 valence electrons. The van der Waals surface area contributed by atoms with Crippen molar-refractivity contribution >= 4 is 11.7 Å². The molecular formula is C24H32N4. The number of amidine groups is 2. The first-order valence-corrected chi connectivity index (χ1v) is 10.3. The Hall–Kier alpha value is -2.62. The molecule has 0 radical (unpaired) electrons. The lowest BCUT2D eigenvalue weighted by atomic mass is 9.69. The summed E-state index contributed by atoms with van der Waals surface area (Å²) >= 11 is 0. The zero-order chi connectivity index (χ0) is 20.3. The summed E-state index contributed by atoms with van der Waals surface area (Å²) < 4.78 is 0. The Bertz CT molecular complexity index is 753. The molecule has 3 rings (SSSR count). The van der Waals surface area contributed by atoms with Crippen molar-refractivity contribution in [3.8, 4) is 0 Å². The molecular weight excluding hydrogens is 344 g/mol. The number of hydrogen-bond donors (Lipinski definition) is 4. The van der Waals surface area contributed by atoms with Gasteiger partial charge in [0.2, 0.25) is 0 Å². The molecule has 4 atom stereocenters. The van der Waals surface area contributed by atoms with Gasteiger partial charge < -0.3 is 11.5 Å². The Balaban J connectivity index is 1.68. The highest BCUT2D eigenvalue weighted by Gasteiger charge is 2.30. The fourth-order valence-electron chi connectivity index (χ4n) is 4.65. The van der Waals surface area contributed by atoms with Crippen LogP contribution in [0.5, 0.6) is 0 Å². The van der Waals surface area contributed by atoms with Gasteiger partial charge in [0.25, 0.3) is 0 Å². The molecule has 1 fully saturated rings. The van der Waals surface area contributed by atoms with Gasteiger partial charge in [0.1, 0.15) is 11.7 Å². The quantitative estimate of drug-likeness (QED) is 0.423. The largest absolute Gasteiger partial charge is 0.384 e. The van der Waals surface area contributed by atoms with Gasteiger partial charge >= 0.3 is 0 Å². The van der Waals surface area contributed by atoms with Crippen molar-refractivity contribution in [1.29, 1.82) is 10.8 Å². The van der Waals surface area contributed by atoms with Crippen molar-refractivity contribution in [2.45, 2.75) is 51.4 Å². The summed E-state index contributed by atoms with van der Waals surface area (Å²) in [5.41, 5.74) is 15.4. The van der Waals surface area contributed by atoms with Crippen LogP contribution in [0.25, 0.3) is 0 Å². The molecule has 0 bridgehead atoms. The first-order chi connectivity index (χ1) is 13.4. The van der Waals surface area contributed by atoms with E-state index in [-0.39, 0.29) is 11.7 Å². The maximum Gasteiger partial charge on any atom is 0.122 e. The molecule has 2 aromatic rings. The Labute approximate surface area is 168 Å². The summed E-state index contributed by atoms with van der Waals surface area (Å²) in [6, 6.07) is 16.4. The van der Waals surface area contributed by atoms with E-state index >= 15 is 0 Å². The van der Waals surface area contributed by atoms with Crippen LogP contribution in [0, 0.1) is 22.7 Å². The highest BCUT2D eigenvalue weighted by atomic mass is 14.7. The Morgan fingerprint density at radius 3 is 1.43 bits per heavy atom. The van der Waals surface area contributed by atoms with Crippen LogP contribution < -0.4 is 11.5 Å². The highest BCUT2D eigenvalue weighted by Crippen LogP contribution is 2.43. The Kier molecular flexibility index (Phi) is 6.18. The third kappa shape index (κ3) is 4.44. The zero-order valence-corrected chi connectivity index (χ0v) is 16.9. The van der Waals surface area contributed by atoms with Gasteiger partial charge in [-0.15, -0.1) is 0 Å². The van der Waals surface area contributed by atoms with E-state index in [1.807, 2.05) is 24.3 Å². The molecule has 0 spiro atoms. The van der Waals surface area contributed by atoms with E-state index in [2.05, 4.69) is 38.1 Å². The molecule has 0 heterocycles. The van der Waals surface area contributed by atoms with Gasteiger partial charge in [-0.3, -0.25) is 10.8 Å². The first-order valence-electron chi connectivity index (χ1n) is 10.3. The lowest BCUT2D eigenvalue weighted by molar-refractivity contribution is 0.217. The second-order valence-electron chi connectivity index (χ2n) is 8.34. The van der Waals surface area contributed by atoms with Crippen molar-refractivity contribution in [1.82, 2.24) is 0 Å². The summed E-state index contributed by atoms with van der Waals surface area (Å²) in [5, 5.41) is 15.1. The van der Waals surface area contributed by atoms with Gasteiger partial charge in [-0.05, 0) is 54.1 Å². The van der Waals surface area contributed by atoms with E-state index in [1.165, 1.54) is 36.8 Å². The molecule has 4 nitrogen and oxygen atoms in total. The molecule has 2 unspecified atom stereocenters. The number of nitrogen functional groups attached to an aromatic ring is 2. The molecule has 0 amide bonds. The van der Waals surface area contributed by atoms with Crippen molar-refractivity contribution in [3.05, 3.63) is 70.8 Å². The minimum atomic E-state index is 0.126. The average molecular weight is 377 g/mol. The van der Waals surface area contributed by atoms with E-state index < -0.39 is 0 Å². The monoisotopic (exact) mass is 376 g/mol. The van der Waals surface area contributed by atoms with E-state index in [1.54, 1.807) is 0 Å². The second kappa shape index (κ2) is 8.59. The van der Waals surface area contributed by atoms with Crippen molar-refractivity contribution in [2.75, 3.05) is 0 Å². The molecule has 1 aliphatic carbocycles. The van der Waals surface area contributed by atoms with Crippen molar-refractivity contribution in [3.63, 3.8) is 0 Å². The Morgan fingerprint density at radius 1 is 0.750 bits per heavy atom. The van der Waals surface area contributed by atoms with Crippen LogP contribution in [0.2, 0.25) is 0 Å². The summed E-state index contributed by atoms with van der Waals surface area (Å²) in [6.45, 7) is 4.67. The maximum atomic E-state index is 7.56. The smallest absolute Gasteiger partial charge is 0.122 e. The molecule has 0 saturated heterocycles. The van der Waals surface area contributed by atoms with Crippen LogP contribution >= 0.6 is 0 Å².